The number of hydrogen-bond donors (Lipinski definition) is 1. The number of rotatable bonds is 4. The van der Waals surface area contributed by atoms with E-state index in [2.05, 4.69) is 0 Å². The first-order chi connectivity index (χ1) is 12.0. The third-order valence-corrected chi connectivity index (χ3v) is 4.00. The molecular weight excluding hydrogens is 317 g/mol. The second-order valence-electron chi connectivity index (χ2n) is 5.83. The Morgan fingerprint density at radius 1 is 0.960 bits per heavy atom. The first kappa shape index (κ1) is 16.7. The van der Waals surface area contributed by atoms with E-state index >= 15 is 0 Å². The van der Waals surface area contributed by atoms with Gasteiger partial charge in [-0.2, -0.15) is 0 Å². The molecule has 0 aliphatic rings. The number of carbonyl (C=O) groups is 1. The van der Waals surface area contributed by atoms with E-state index in [1.807, 2.05) is 36.4 Å². The highest BCUT2D eigenvalue weighted by Gasteiger charge is 2.13. The summed E-state index contributed by atoms with van der Waals surface area (Å²) < 4.78 is 13.4. The van der Waals surface area contributed by atoms with Crippen molar-refractivity contribution in [1.82, 2.24) is 0 Å². The van der Waals surface area contributed by atoms with Crippen LogP contribution < -0.4 is 4.90 Å². The van der Waals surface area contributed by atoms with Crippen molar-refractivity contribution in [2.45, 2.75) is 13.5 Å². The van der Waals surface area contributed by atoms with E-state index in [1.54, 1.807) is 29.2 Å². The molecule has 3 aromatic rings. The lowest BCUT2D eigenvalue weighted by atomic mass is 10.0. The van der Waals surface area contributed by atoms with Crippen LogP contribution in [0.4, 0.5) is 10.1 Å². The molecule has 0 radical (unpaired) electrons. The minimum absolute atomic E-state index is 0.145. The minimum Gasteiger partial charge on any atom is -0.508 e. The Kier molecular flexibility index (Phi) is 4.80. The van der Waals surface area contributed by atoms with Crippen molar-refractivity contribution >= 4 is 11.6 Å². The summed E-state index contributed by atoms with van der Waals surface area (Å²) in [7, 11) is 0. The lowest BCUT2D eigenvalue weighted by Crippen LogP contribution is -2.27. The Balaban J connectivity index is 1.81. The average molecular weight is 335 g/mol. The molecule has 1 amide bonds. The number of nitrogens with zero attached hydrogens (tertiary/aromatic N) is 1. The van der Waals surface area contributed by atoms with Crippen LogP contribution in [0.25, 0.3) is 11.1 Å². The van der Waals surface area contributed by atoms with Crippen LogP contribution in [0.1, 0.15) is 12.5 Å². The van der Waals surface area contributed by atoms with Crippen LogP contribution in [0.5, 0.6) is 5.75 Å². The van der Waals surface area contributed by atoms with Gasteiger partial charge in [0.2, 0.25) is 5.91 Å². The Morgan fingerprint density at radius 3 is 2.12 bits per heavy atom. The minimum atomic E-state index is -0.369. The molecule has 4 heteroatoms. The lowest BCUT2D eigenvalue weighted by Gasteiger charge is -2.21. The fourth-order valence-electron chi connectivity index (χ4n) is 2.67. The molecule has 3 rings (SSSR count). The highest BCUT2D eigenvalue weighted by Crippen LogP contribution is 2.24. The molecule has 1 N–H and O–H groups in total. The van der Waals surface area contributed by atoms with Crippen molar-refractivity contribution in [2.24, 2.45) is 0 Å². The third kappa shape index (κ3) is 4.04. The van der Waals surface area contributed by atoms with Gasteiger partial charge in [0, 0.05) is 12.6 Å². The van der Waals surface area contributed by atoms with Gasteiger partial charge in [-0.1, -0.05) is 42.5 Å². The Morgan fingerprint density at radius 2 is 1.56 bits per heavy atom. The van der Waals surface area contributed by atoms with Crippen LogP contribution in [0.2, 0.25) is 0 Å². The second kappa shape index (κ2) is 7.18. The summed E-state index contributed by atoms with van der Waals surface area (Å²) >= 11 is 0. The van der Waals surface area contributed by atoms with Crippen LogP contribution >= 0.6 is 0 Å². The maximum atomic E-state index is 13.4. The highest BCUT2D eigenvalue weighted by molar-refractivity contribution is 5.91. The van der Waals surface area contributed by atoms with E-state index in [0.717, 1.165) is 16.7 Å². The summed E-state index contributed by atoms with van der Waals surface area (Å²) in [5, 5.41) is 9.36. The SMILES string of the molecule is CC(=O)N(Cc1ccc(-c2ccc(O)cc2)cc1)c1cccc(F)c1. The van der Waals surface area contributed by atoms with Crippen molar-refractivity contribution in [3.63, 3.8) is 0 Å². The molecule has 0 spiro atoms. The molecular formula is C21H18FNO2. The third-order valence-electron chi connectivity index (χ3n) is 4.00. The second-order valence-corrected chi connectivity index (χ2v) is 5.83. The van der Waals surface area contributed by atoms with E-state index in [4.69, 9.17) is 0 Å². The van der Waals surface area contributed by atoms with Crippen LogP contribution in [0.3, 0.4) is 0 Å². The van der Waals surface area contributed by atoms with Gasteiger partial charge in [-0.25, -0.2) is 4.39 Å². The van der Waals surface area contributed by atoms with E-state index in [9.17, 15) is 14.3 Å². The molecule has 0 fully saturated rings. The standard InChI is InChI=1S/C21H18FNO2/c1-15(24)23(20-4-2-3-19(22)13-20)14-16-5-7-17(8-6-16)18-9-11-21(25)12-10-18/h2-13,25H,14H2,1H3. The normalized spacial score (nSPS) is 10.5. The molecule has 3 aromatic carbocycles. The molecule has 0 unspecified atom stereocenters. The largest absolute Gasteiger partial charge is 0.508 e. The van der Waals surface area contributed by atoms with Gasteiger partial charge in [0.1, 0.15) is 11.6 Å². The first-order valence-corrected chi connectivity index (χ1v) is 7.95. The van der Waals surface area contributed by atoms with E-state index in [-0.39, 0.29) is 17.5 Å². The molecule has 0 aliphatic heterocycles. The summed E-state index contributed by atoms with van der Waals surface area (Å²) in [6.45, 7) is 1.84. The van der Waals surface area contributed by atoms with Crippen molar-refractivity contribution in [3.05, 3.63) is 84.2 Å². The monoisotopic (exact) mass is 335 g/mol. The fourth-order valence-corrected chi connectivity index (χ4v) is 2.67. The smallest absolute Gasteiger partial charge is 0.224 e. The number of aromatic hydroxyl groups is 1. The summed E-state index contributed by atoms with van der Waals surface area (Å²) in [4.78, 5) is 13.5. The fraction of sp³-hybridized carbons (Fsp3) is 0.0952. The summed E-state index contributed by atoms with van der Waals surface area (Å²) in [6.07, 6.45) is 0. The summed E-state index contributed by atoms with van der Waals surface area (Å²) in [6, 6.07) is 20.8. The number of benzene rings is 3. The van der Waals surface area contributed by atoms with Crippen LogP contribution in [-0.2, 0) is 11.3 Å². The van der Waals surface area contributed by atoms with Gasteiger partial charge in [0.05, 0.1) is 6.54 Å². The van der Waals surface area contributed by atoms with Gasteiger partial charge in [-0.05, 0) is 47.0 Å². The number of hydrogen-bond acceptors (Lipinski definition) is 2. The molecule has 0 saturated heterocycles. The number of carbonyl (C=O) groups excluding carboxylic acids is 1. The number of anilines is 1. The molecule has 25 heavy (non-hydrogen) atoms. The Bertz CT molecular complexity index is 873. The zero-order valence-corrected chi connectivity index (χ0v) is 13.8. The molecule has 0 aliphatic carbocycles. The maximum Gasteiger partial charge on any atom is 0.224 e. The predicted octanol–water partition coefficient (Wildman–Crippen LogP) is 4.75. The Hall–Kier alpha value is -3.14. The first-order valence-electron chi connectivity index (χ1n) is 7.95. The highest BCUT2D eigenvalue weighted by atomic mass is 19.1. The molecule has 0 atom stereocenters. The van der Waals surface area contributed by atoms with Crippen LogP contribution in [-0.4, -0.2) is 11.0 Å². The van der Waals surface area contributed by atoms with Gasteiger partial charge in [0.25, 0.3) is 0 Å². The van der Waals surface area contributed by atoms with Gasteiger partial charge >= 0.3 is 0 Å². The van der Waals surface area contributed by atoms with Crippen LogP contribution in [0.15, 0.2) is 72.8 Å². The van der Waals surface area contributed by atoms with E-state index in [0.29, 0.717) is 12.2 Å². The topological polar surface area (TPSA) is 40.5 Å². The van der Waals surface area contributed by atoms with Crippen molar-refractivity contribution in [3.8, 4) is 16.9 Å². The quantitative estimate of drug-likeness (QED) is 0.747. The molecule has 0 saturated carbocycles. The van der Waals surface area contributed by atoms with Crippen molar-refractivity contribution in [1.29, 1.82) is 0 Å². The van der Waals surface area contributed by atoms with Gasteiger partial charge in [-0.3, -0.25) is 4.79 Å². The Labute approximate surface area is 146 Å². The van der Waals surface area contributed by atoms with Gasteiger partial charge in [0.15, 0.2) is 0 Å². The molecule has 0 heterocycles. The molecule has 0 aromatic heterocycles. The zero-order valence-electron chi connectivity index (χ0n) is 13.8. The van der Waals surface area contributed by atoms with E-state index < -0.39 is 0 Å². The summed E-state index contributed by atoms with van der Waals surface area (Å²) in [5.41, 5.74) is 3.50. The molecule has 3 nitrogen and oxygen atoms in total. The molecule has 0 bridgehead atoms. The zero-order chi connectivity index (χ0) is 17.8. The predicted molar refractivity (Wildman–Crippen MR) is 96.8 cm³/mol. The lowest BCUT2D eigenvalue weighted by molar-refractivity contribution is -0.116. The molecule has 126 valence electrons. The van der Waals surface area contributed by atoms with Crippen LogP contribution in [0, 0.1) is 5.82 Å². The number of halogens is 1. The van der Waals surface area contributed by atoms with E-state index in [1.165, 1.54) is 19.1 Å². The summed E-state index contributed by atoms with van der Waals surface area (Å²) in [5.74, 6) is -0.285. The van der Waals surface area contributed by atoms with Crippen molar-refractivity contribution in [2.75, 3.05) is 4.90 Å². The number of phenolic OH excluding ortho intramolecular Hbond substituents is 1. The number of phenols is 1. The van der Waals surface area contributed by atoms with Crippen molar-refractivity contribution < 1.29 is 14.3 Å². The maximum absolute atomic E-state index is 13.4. The average Bonchev–Trinajstić information content (AvgIpc) is 2.61. The van der Waals surface area contributed by atoms with Gasteiger partial charge < -0.3 is 10.0 Å². The number of amides is 1. The van der Waals surface area contributed by atoms with Gasteiger partial charge in [-0.15, -0.1) is 0 Å².